The Bertz CT molecular complexity index is 623. The van der Waals surface area contributed by atoms with Crippen LogP contribution in [0.2, 0.25) is 0 Å². The SMILES string of the molecule is C[C@H]1CCC[C@@H](N2CCC[C@@H](C(=O)N3CCC(Cc4ccccc4)CC3)C2)C1. The molecule has 1 amide bonds. The van der Waals surface area contributed by atoms with Gasteiger partial charge < -0.3 is 4.90 Å². The van der Waals surface area contributed by atoms with Crippen LogP contribution < -0.4 is 0 Å². The highest BCUT2D eigenvalue weighted by molar-refractivity contribution is 5.79. The van der Waals surface area contributed by atoms with E-state index < -0.39 is 0 Å². The molecule has 1 saturated carbocycles. The molecule has 2 saturated heterocycles. The molecule has 154 valence electrons. The Hall–Kier alpha value is -1.35. The summed E-state index contributed by atoms with van der Waals surface area (Å²) < 4.78 is 0. The van der Waals surface area contributed by atoms with E-state index in [4.69, 9.17) is 0 Å². The van der Waals surface area contributed by atoms with E-state index in [0.717, 1.165) is 56.8 Å². The van der Waals surface area contributed by atoms with Gasteiger partial charge >= 0.3 is 0 Å². The maximum atomic E-state index is 13.2. The Morgan fingerprint density at radius 2 is 1.75 bits per heavy atom. The summed E-state index contributed by atoms with van der Waals surface area (Å²) in [6.45, 7) is 6.55. The fourth-order valence-corrected chi connectivity index (χ4v) is 5.84. The second-order valence-corrected chi connectivity index (χ2v) is 9.72. The topological polar surface area (TPSA) is 23.6 Å². The first-order chi connectivity index (χ1) is 13.7. The van der Waals surface area contributed by atoms with Gasteiger partial charge in [-0.2, -0.15) is 0 Å². The zero-order chi connectivity index (χ0) is 19.3. The molecule has 28 heavy (non-hydrogen) atoms. The van der Waals surface area contributed by atoms with Gasteiger partial charge in [0.25, 0.3) is 0 Å². The molecule has 4 rings (SSSR count). The van der Waals surface area contributed by atoms with Crippen LogP contribution in [0.1, 0.15) is 63.9 Å². The molecule has 2 heterocycles. The number of carbonyl (C=O) groups is 1. The lowest BCUT2D eigenvalue weighted by Gasteiger charge is -2.42. The number of rotatable bonds is 4. The predicted molar refractivity (Wildman–Crippen MR) is 115 cm³/mol. The third-order valence-electron chi connectivity index (χ3n) is 7.52. The van der Waals surface area contributed by atoms with Gasteiger partial charge in [0.05, 0.1) is 5.92 Å². The summed E-state index contributed by atoms with van der Waals surface area (Å²) in [6, 6.07) is 11.6. The van der Waals surface area contributed by atoms with Crippen molar-refractivity contribution in [3.05, 3.63) is 35.9 Å². The summed E-state index contributed by atoms with van der Waals surface area (Å²) in [6.07, 6.45) is 11.2. The molecule has 0 unspecified atom stereocenters. The second kappa shape index (κ2) is 9.43. The van der Waals surface area contributed by atoms with Crippen molar-refractivity contribution in [1.82, 2.24) is 9.80 Å². The van der Waals surface area contributed by atoms with E-state index in [0.29, 0.717) is 5.91 Å². The standard InChI is InChI=1S/C25H38N2O/c1-20-7-5-11-24(17-20)27-14-6-10-23(19-27)25(28)26-15-12-22(13-16-26)18-21-8-3-2-4-9-21/h2-4,8-9,20,22-24H,5-7,10-19H2,1H3/t20-,23+,24+/m0/s1. The minimum atomic E-state index is 0.247. The minimum absolute atomic E-state index is 0.247. The molecule has 3 aliphatic rings. The predicted octanol–water partition coefficient (Wildman–Crippen LogP) is 4.76. The number of benzene rings is 1. The Labute approximate surface area is 171 Å². The molecule has 1 aromatic rings. The summed E-state index contributed by atoms with van der Waals surface area (Å²) in [5, 5.41) is 0. The molecule has 0 radical (unpaired) electrons. The van der Waals surface area contributed by atoms with Crippen LogP contribution in [-0.4, -0.2) is 47.9 Å². The van der Waals surface area contributed by atoms with Gasteiger partial charge in [0.2, 0.25) is 5.91 Å². The molecule has 1 aliphatic carbocycles. The van der Waals surface area contributed by atoms with E-state index >= 15 is 0 Å². The summed E-state index contributed by atoms with van der Waals surface area (Å²) in [5.41, 5.74) is 1.44. The van der Waals surface area contributed by atoms with Gasteiger partial charge in [0, 0.05) is 25.7 Å². The number of nitrogens with zero attached hydrogens (tertiary/aromatic N) is 2. The van der Waals surface area contributed by atoms with Crippen LogP contribution >= 0.6 is 0 Å². The Morgan fingerprint density at radius 1 is 0.964 bits per heavy atom. The monoisotopic (exact) mass is 382 g/mol. The molecule has 3 atom stereocenters. The fraction of sp³-hybridized carbons (Fsp3) is 0.720. The Balaban J connectivity index is 1.26. The number of hydrogen-bond acceptors (Lipinski definition) is 2. The molecule has 3 nitrogen and oxygen atoms in total. The van der Waals surface area contributed by atoms with Crippen molar-refractivity contribution >= 4 is 5.91 Å². The van der Waals surface area contributed by atoms with Crippen LogP contribution in [0.4, 0.5) is 0 Å². The molecular formula is C25H38N2O. The molecule has 0 spiro atoms. The highest BCUT2D eigenvalue weighted by atomic mass is 16.2. The van der Waals surface area contributed by atoms with E-state index in [9.17, 15) is 4.79 Å². The van der Waals surface area contributed by atoms with Crippen LogP contribution in [-0.2, 0) is 11.2 Å². The van der Waals surface area contributed by atoms with E-state index in [2.05, 4.69) is 47.1 Å². The lowest BCUT2D eigenvalue weighted by Crippen LogP contribution is -2.50. The van der Waals surface area contributed by atoms with Gasteiger partial charge in [0.15, 0.2) is 0 Å². The van der Waals surface area contributed by atoms with Crippen molar-refractivity contribution in [2.24, 2.45) is 17.8 Å². The van der Waals surface area contributed by atoms with Crippen molar-refractivity contribution < 1.29 is 4.79 Å². The maximum absolute atomic E-state index is 13.2. The number of hydrogen-bond donors (Lipinski definition) is 0. The Kier molecular flexibility index (Phi) is 6.72. The average molecular weight is 383 g/mol. The fourth-order valence-electron chi connectivity index (χ4n) is 5.84. The van der Waals surface area contributed by atoms with E-state index in [1.54, 1.807) is 0 Å². The van der Waals surface area contributed by atoms with Crippen LogP contribution in [0.25, 0.3) is 0 Å². The highest BCUT2D eigenvalue weighted by Gasteiger charge is 2.34. The van der Waals surface area contributed by atoms with Crippen LogP contribution in [0.15, 0.2) is 30.3 Å². The van der Waals surface area contributed by atoms with Gasteiger partial charge in [-0.05, 0) is 68.9 Å². The second-order valence-electron chi connectivity index (χ2n) is 9.72. The number of piperidine rings is 2. The van der Waals surface area contributed by atoms with Gasteiger partial charge in [-0.1, -0.05) is 50.1 Å². The summed E-state index contributed by atoms with van der Waals surface area (Å²) in [5.74, 6) is 2.29. The first-order valence-electron chi connectivity index (χ1n) is 11.8. The van der Waals surface area contributed by atoms with Crippen molar-refractivity contribution in [3.63, 3.8) is 0 Å². The van der Waals surface area contributed by atoms with Crippen LogP contribution in [0.5, 0.6) is 0 Å². The third-order valence-corrected chi connectivity index (χ3v) is 7.52. The first-order valence-corrected chi connectivity index (χ1v) is 11.8. The number of amides is 1. The van der Waals surface area contributed by atoms with Gasteiger partial charge in [-0.3, -0.25) is 9.69 Å². The molecule has 3 fully saturated rings. The minimum Gasteiger partial charge on any atom is -0.342 e. The molecule has 0 bridgehead atoms. The largest absolute Gasteiger partial charge is 0.342 e. The molecule has 0 aromatic heterocycles. The summed E-state index contributed by atoms with van der Waals surface area (Å²) in [4.78, 5) is 18.1. The highest BCUT2D eigenvalue weighted by Crippen LogP contribution is 2.31. The lowest BCUT2D eigenvalue weighted by molar-refractivity contribution is -0.139. The van der Waals surface area contributed by atoms with Crippen molar-refractivity contribution in [2.45, 2.75) is 70.8 Å². The van der Waals surface area contributed by atoms with Crippen molar-refractivity contribution in [3.8, 4) is 0 Å². The summed E-state index contributed by atoms with van der Waals surface area (Å²) >= 11 is 0. The van der Waals surface area contributed by atoms with Gasteiger partial charge in [-0.15, -0.1) is 0 Å². The first kappa shape index (κ1) is 19.9. The lowest BCUT2D eigenvalue weighted by atomic mass is 9.84. The van der Waals surface area contributed by atoms with Crippen LogP contribution in [0.3, 0.4) is 0 Å². The quantitative estimate of drug-likeness (QED) is 0.750. The average Bonchev–Trinajstić information content (AvgIpc) is 2.75. The Morgan fingerprint density at radius 3 is 2.50 bits per heavy atom. The third kappa shape index (κ3) is 4.97. The van der Waals surface area contributed by atoms with E-state index in [1.807, 2.05) is 0 Å². The zero-order valence-corrected chi connectivity index (χ0v) is 17.7. The maximum Gasteiger partial charge on any atom is 0.226 e. The number of likely N-dealkylation sites (tertiary alicyclic amines) is 2. The summed E-state index contributed by atoms with van der Waals surface area (Å²) in [7, 11) is 0. The molecule has 2 aliphatic heterocycles. The van der Waals surface area contributed by atoms with Crippen molar-refractivity contribution in [1.29, 1.82) is 0 Å². The molecule has 1 aromatic carbocycles. The molecule has 3 heteroatoms. The van der Waals surface area contributed by atoms with Crippen LogP contribution in [0, 0.1) is 17.8 Å². The number of carbonyl (C=O) groups excluding carboxylic acids is 1. The normalized spacial score (nSPS) is 30.3. The zero-order valence-electron chi connectivity index (χ0n) is 17.7. The van der Waals surface area contributed by atoms with Gasteiger partial charge in [0.1, 0.15) is 0 Å². The van der Waals surface area contributed by atoms with E-state index in [1.165, 1.54) is 50.6 Å². The van der Waals surface area contributed by atoms with Crippen molar-refractivity contribution in [2.75, 3.05) is 26.2 Å². The van der Waals surface area contributed by atoms with E-state index in [-0.39, 0.29) is 5.92 Å². The molecule has 0 N–H and O–H groups in total. The molecular weight excluding hydrogens is 344 g/mol. The smallest absolute Gasteiger partial charge is 0.226 e. The van der Waals surface area contributed by atoms with Gasteiger partial charge in [-0.25, -0.2) is 0 Å².